The minimum atomic E-state index is 0.822. The molecule has 0 aliphatic heterocycles. The van der Waals surface area contributed by atoms with Crippen molar-refractivity contribution in [3.63, 3.8) is 0 Å². The smallest absolute Gasteiger partial charge is 0.154 e. The van der Waals surface area contributed by atoms with Crippen LogP contribution in [0.4, 0.5) is 5.82 Å². The number of pyridine rings is 1. The third kappa shape index (κ3) is 2.40. The van der Waals surface area contributed by atoms with Crippen molar-refractivity contribution in [1.29, 1.82) is 0 Å². The Labute approximate surface area is 110 Å². The van der Waals surface area contributed by atoms with Crippen LogP contribution < -0.4 is 5.32 Å². The van der Waals surface area contributed by atoms with Crippen LogP contribution in [0.1, 0.15) is 6.42 Å². The maximum Gasteiger partial charge on any atom is 0.154 e. The maximum atomic E-state index is 4.36. The van der Waals surface area contributed by atoms with Crippen LogP contribution in [0.2, 0.25) is 0 Å². The van der Waals surface area contributed by atoms with Crippen LogP contribution in [-0.2, 0) is 13.6 Å². The number of fused-ring (bicyclic) bond motifs is 1. The van der Waals surface area contributed by atoms with Crippen LogP contribution in [0.5, 0.6) is 0 Å². The predicted molar refractivity (Wildman–Crippen MR) is 71.6 cm³/mol. The minimum Gasteiger partial charge on any atom is -0.368 e. The standard InChI is InChI=1S/C12H15N7/c1-18-9-15-11-10(18)3-5-14-12(11)13-4-2-7-19-8-6-16-17-19/h3,5-6,8-9H,2,4,7H2,1H3,(H,13,14). The summed E-state index contributed by atoms with van der Waals surface area (Å²) in [5, 5.41) is 11.0. The summed E-state index contributed by atoms with van der Waals surface area (Å²) in [6.07, 6.45) is 8.09. The molecule has 7 nitrogen and oxygen atoms in total. The highest BCUT2D eigenvalue weighted by Gasteiger charge is 2.05. The number of imidazole rings is 1. The summed E-state index contributed by atoms with van der Waals surface area (Å²) in [6, 6.07) is 1.96. The molecule has 0 radical (unpaired) electrons. The molecule has 0 atom stereocenters. The summed E-state index contributed by atoms with van der Waals surface area (Å²) >= 11 is 0. The van der Waals surface area contributed by atoms with Gasteiger partial charge in [0.2, 0.25) is 0 Å². The number of anilines is 1. The van der Waals surface area contributed by atoms with E-state index in [1.165, 1.54) is 0 Å². The van der Waals surface area contributed by atoms with Crippen molar-refractivity contribution in [2.75, 3.05) is 11.9 Å². The Morgan fingerprint density at radius 1 is 1.26 bits per heavy atom. The largest absolute Gasteiger partial charge is 0.368 e. The third-order valence-electron chi connectivity index (χ3n) is 2.97. The highest BCUT2D eigenvalue weighted by molar-refractivity contribution is 5.85. The fraction of sp³-hybridized carbons (Fsp3) is 0.333. The molecule has 0 unspecified atom stereocenters. The summed E-state index contributed by atoms with van der Waals surface area (Å²) in [5.74, 6) is 0.830. The number of rotatable bonds is 5. The van der Waals surface area contributed by atoms with E-state index in [2.05, 4.69) is 25.6 Å². The zero-order chi connectivity index (χ0) is 13.1. The van der Waals surface area contributed by atoms with E-state index in [-0.39, 0.29) is 0 Å². The Balaban J connectivity index is 1.62. The summed E-state index contributed by atoms with van der Waals surface area (Å²) in [5.41, 5.74) is 1.99. The highest BCUT2D eigenvalue weighted by atomic mass is 15.4. The van der Waals surface area contributed by atoms with Gasteiger partial charge < -0.3 is 9.88 Å². The molecule has 0 saturated heterocycles. The van der Waals surface area contributed by atoms with Crippen LogP contribution in [0, 0.1) is 0 Å². The lowest BCUT2D eigenvalue weighted by Crippen LogP contribution is -2.08. The number of hydrogen-bond donors (Lipinski definition) is 1. The SMILES string of the molecule is Cn1cnc2c(NCCCn3ccnn3)nccc21. The quantitative estimate of drug-likeness (QED) is 0.692. The normalized spacial score (nSPS) is 11.0. The van der Waals surface area contributed by atoms with E-state index in [1.54, 1.807) is 18.7 Å². The fourth-order valence-electron chi connectivity index (χ4n) is 1.99. The second-order valence-electron chi connectivity index (χ2n) is 4.33. The van der Waals surface area contributed by atoms with Gasteiger partial charge in [0.1, 0.15) is 5.52 Å². The maximum absolute atomic E-state index is 4.36. The molecule has 3 aromatic rings. The molecule has 0 amide bonds. The van der Waals surface area contributed by atoms with Gasteiger partial charge in [-0.05, 0) is 12.5 Å². The molecule has 0 fully saturated rings. The highest BCUT2D eigenvalue weighted by Crippen LogP contribution is 2.18. The zero-order valence-corrected chi connectivity index (χ0v) is 10.7. The van der Waals surface area contributed by atoms with Gasteiger partial charge in [0.15, 0.2) is 5.82 Å². The molecule has 0 aromatic carbocycles. The van der Waals surface area contributed by atoms with E-state index in [9.17, 15) is 0 Å². The van der Waals surface area contributed by atoms with Crippen molar-refractivity contribution >= 4 is 16.9 Å². The van der Waals surface area contributed by atoms with E-state index < -0.39 is 0 Å². The molecule has 3 rings (SSSR count). The first-order chi connectivity index (χ1) is 9.34. The number of nitrogens with zero attached hydrogens (tertiary/aromatic N) is 6. The van der Waals surface area contributed by atoms with Gasteiger partial charge in [-0.1, -0.05) is 5.21 Å². The van der Waals surface area contributed by atoms with Crippen molar-refractivity contribution < 1.29 is 0 Å². The van der Waals surface area contributed by atoms with Gasteiger partial charge in [-0.2, -0.15) is 0 Å². The Kier molecular flexibility index (Phi) is 3.09. The average molecular weight is 257 g/mol. The summed E-state index contributed by atoms with van der Waals surface area (Å²) in [7, 11) is 1.98. The van der Waals surface area contributed by atoms with E-state index in [0.29, 0.717) is 0 Å². The number of aryl methyl sites for hydroxylation is 2. The Morgan fingerprint density at radius 2 is 2.21 bits per heavy atom. The first-order valence-corrected chi connectivity index (χ1v) is 6.18. The van der Waals surface area contributed by atoms with Gasteiger partial charge in [-0.3, -0.25) is 4.68 Å². The molecule has 7 heteroatoms. The second-order valence-corrected chi connectivity index (χ2v) is 4.33. The molecule has 0 spiro atoms. The molecule has 0 bridgehead atoms. The summed E-state index contributed by atoms with van der Waals surface area (Å²) in [4.78, 5) is 8.69. The van der Waals surface area contributed by atoms with Crippen molar-refractivity contribution in [2.24, 2.45) is 7.05 Å². The van der Waals surface area contributed by atoms with E-state index in [0.717, 1.165) is 36.4 Å². The Bertz CT molecular complexity index is 656. The first-order valence-electron chi connectivity index (χ1n) is 6.18. The Hall–Kier alpha value is -2.44. The van der Waals surface area contributed by atoms with E-state index in [4.69, 9.17) is 0 Å². The van der Waals surface area contributed by atoms with Crippen LogP contribution in [0.15, 0.2) is 31.0 Å². The number of nitrogens with one attached hydrogen (secondary N) is 1. The van der Waals surface area contributed by atoms with Crippen LogP contribution >= 0.6 is 0 Å². The summed E-state index contributed by atoms with van der Waals surface area (Å²) in [6.45, 7) is 1.66. The topological polar surface area (TPSA) is 73.5 Å². The molecule has 98 valence electrons. The van der Waals surface area contributed by atoms with Gasteiger partial charge in [-0.15, -0.1) is 5.10 Å². The van der Waals surface area contributed by atoms with E-state index >= 15 is 0 Å². The molecule has 0 saturated carbocycles. The van der Waals surface area contributed by atoms with Crippen molar-refractivity contribution in [2.45, 2.75) is 13.0 Å². The molecular formula is C12H15N7. The lowest BCUT2D eigenvalue weighted by atomic mass is 10.3. The molecule has 0 aliphatic rings. The van der Waals surface area contributed by atoms with Gasteiger partial charge in [0.25, 0.3) is 0 Å². The fourth-order valence-corrected chi connectivity index (χ4v) is 1.99. The van der Waals surface area contributed by atoms with Gasteiger partial charge >= 0.3 is 0 Å². The predicted octanol–water partition coefficient (Wildman–Crippen LogP) is 1.06. The molecule has 1 N–H and O–H groups in total. The lowest BCUT2D eigenvalue weighted by Gasteiger charge is -2.06. The molecule has 3 aromatic heterocycles. The molecule has 19 heavy (non-hydrogen) atoms. The van der Waals surface area contributed by atoms with Crippen LogP contribution in [-0.4, -0.2) is 36.1 Å². The summed E-state index contributed by atoms with van der Waals surface area (Å²) < 4.78 is 3.80. The number of hydrogen-bond acceptors (Lipinski definition) is 5. The van der Waals surface area contributed by atoms with E-state index in [1.807, 2.05) is 28.6 Å². The number of aromatic nitrogens is 6. The van der Waals surface area contributed by atoms with Crippen LogP contribution in [0.25, 0.3) is 11.0 Å². The van der Waals surface area contributed by atoms with Gasteiger partial charge in [0.05, 0.1) is 18.0 Å². The monoisotopic (exact) mass is 257 g/mol. The van der Waals surface area contributed by atoms with Gasteiger partial charge in [-0.25, -0.2) is 9.97 Å². The Morgan fingerprint density at radius 3 is 3.05 bits per heavy atom. The second kappa shape index (κ2) is 5.05. The molecular weight excluding hydrogens is 242 g/mol. The molecule has 0 aliphatic carbocycles. The van der Waals surface area contributed by atoms with Crippen molar-refractivity contribution in [3.8, 4) is 0 Å². The molecule has 3 heterocycles. The third-order valence-corrected chi connectivity index (χ3v) is 2.97. The average Bonchev–Trinajstić information content (AvgIpc) is 3.06. The minimum absolute atomic E-state index is 0.822. The lowest BCUT2D eigenvalue weighted by molar-refractivity contribution is 0.569. The van der Waals surface area contributed by atoms with Gasteiger partial charge in [0, 0.05) is 32.5 Å². The van der Waals surface area contributed by atoms with Crippen molar-refractivity contribution in [3.05, 3.63) is 31.0 Å². The zero-order valence-electron chi connectivity index (χ0n) is 10.7. The first kappa shape index (κ1) is 11.6. The van der Waals surface area contributed by atoms with Crippen LogP contribution in [0.3, 0.4) is 0 Å². The van der Waals surface area contributed by atoms with Crippen molar-refractivity contribution in [1.82, 2.24) is 29.5 Å².